The molecular weight excluding hydrogens is 476 g/mol. The van der Waals surface area contributed by atoms with E-state index in [2.05, 4.69) is 29.9 Å². The van der Waals surface area contributed by atoms with Crippen LogP contribution in [0.3, 0.4) is 0 Å². The highest BCUT2D eigenvalue weighted by molar-refractivity contribution is 8.00. The molecule has 1 fully saturated rings. The second kappa shape index (κ2) is 11.7. The molecule has 4 aromatic rings. The van der Waals surface area contributed by atoms with Crippen LogP contribution in [0.1, 0.15) is 31.2 Å². The van der Waals surface area contributed by atoms with Crippen molar-refractivity contribution in [2.45, 2.75) is 32.1 Å². The van der Waals surface area contributed by atoms with Gasteiger partial charge in [-0.2, -0.15) is 0 Å². The predicted molar refractivity (Wildman–Crippen MR) is 147 cm³/mol. The fourth-order valence-electron chi connectivity index (χ4n) is 4.39. The summed E-state index contributed by atoms with van der Waals surface area (Å²) in [5, 5.41) is 6.52. The third-order valence-corrected chi connectivity index (χ3v) is 7.76. The number of likely N-dealkylation sites (tertiary alicyclic amines) is 1. The molecule has 3 N–H and O–H groups in total. The molecule has 9 heteroatoms. The number of hydrogen-bond acceptors (Lipinski definition) is 7. The van der Waals surface area contributed by atoms with Crippen LogP contribution in [0.5, 0.6) is 0 Å². The van der Waals surface area contributed by atoms with Crippen LogP contribution >= 0.6 is 23.3 Å². The Labute approximate surface area is 213 Å². The van der Waals surface area contributed by atoms with E-state index in [1.807, 2.05) is 48.0 Å². The van der Waals surface area contributed by atoms with E-state index in [1.54, 1.807) is 18.1 Å². The molecule has 0 unspecified atom stereocenters. The maximum Gasteiger partial charge on any atom is 0.230 e. The minimum atomic E-state index is -0.0715. The molecule has 1 aliphatic heterocycles. The zero-order chi connectivity index (χ0) is 23.9. The van der Waals surface area contributed by atoms with E-state index in [0.717, 1.165) is 39.3 Å². The first kappa shape index (κ1) is 23.8. The van der Waals surface area contributed by atoms with Crippen molar-refractivity contribution in [2.75, 3.05) is 35.4 Å². The Hall–Kier alpha value is -2.88. The zero-order valence-electron chi connectivity index (χ0n) is 19.6. The Morgan fingerprint density at radius 1 is 1.17 bits per heavy atom. The Morgan fingerprint density at radius 2 is 2.09 bits per heavy atom. The maximum absolute atomic E-state index is 12.7. The lowest BCUT2D eigenvalue weighted by Gasteiger charge is -2.26. The van der Waals surface area contributed by atoms with Gasteiger partial charge in [-0.15, -0.1) is 11.3 Å². The molecule has 0 spiro atoms. The van der Waals surface area contributed by atoms with E-state index in [1.165, 1.54) is 56.7 Å². The van der Waals surface area contributed by atoms with Gasteiger partial charge < -0.3 is 19.9 Å². The third-order valence-electron chi connectivity index (χ3n) is 6.13. The number of hydrogen-bond donors (Lipinski definition) is 3. The standard InChI is InChI=1S/C26H30N6OS2/c33-24(30-26-29-23(18-34-26)22-17-28-25-21(22)9-5-10-27-25)16-19-7-4-8-20(15-19)31-35-14-6-13-32-11-2-1-3-12-32/h4-5,7-10,15,17-18,31H,1-3,6,11-14,16H2,(H,27,28)(H,29,30,33). The molecule has 0 radical (unpaired) electrons. The van der Waals surface area contributed by atoms with Gasteiger partial charge in [0.2, 0.25) is 5.91 Å². The monoisotopic (exact) mass is 506 g/mol. The van der Waals surface area contributed by atoms with Crippen molar-refractivity contribution >= 4 is 51.0 Å². The molecule has 7 nitrogen and oxygen atoms in total. The van der Waals surface area contributed by atoms with Crippen LogP contribution in [0.2, 0.25) is 0 Å². The van der Waals surface area contributed by atoms with E-state index in [4.69, 9.17) is 0 Å². The highest BCUT2D eigenvalue weighted by atomic mass is 32.2. The van der Waals surface area contributed by atoms with E-state index >= 15 is 0 Å². The Kier molecular flexibility index (Phi) is 7.97. The topological polar surface area (TPSA) is 85.9 Å². The number of pyridine rings is 1. The Balaban J connectivity index is 1.09. The van der Waals surface area contributed by atoms with Gasteiger partial charge in [0.25, 0.3) is 0 Å². The van der Waals surface area contributed by atoms with Crippen molar-refractivity contribution in [3.05, 3.63) is 59.7 Å². The lowest BCUT2D eigenvalue weighted by Crippen LogP contribution is -2.30. The quantitative estimate of drug-likeness (QED) is 0.186. The molecule has 5 rings (SSSR count). The smallest absolute Gasteiger partial charge is 0.230 e. The fraction of sp³-hybridized carbons (Fsp3) is 0.346. The molecule has 1 saturated heterocycles. The molecule has 1 amide bonds. The van der Waals surface area contributed by atoms with Gasteiger partial charge in [0, 0.05) is 40.2 Å². The van der Waals surface area contributed by atoms with Gasteiger partial charge in [-0.05, 0) is 68.7 Å². The van der Waals surface area contributed by atoms with E-state index < -0.39 is 0 Å². The number of anilines is 2. The van der Waals surface area contributed by atoms with Crippen molar-refractivity contribution in [2.24, 2.45) is 0 Å². The minimum absolute atomic E-state index is 0.0715. The molecule has 0 aliphatic carbocycles. The zero-order valence-corrected chi connectivity index (χ0v) is 21.3. The molecule has 0 saturated carbocycles. The molecule has 35 heavy (non-hydrogen) atoms. The normalized spacial score (nSPS) is 14.3. The predicted octanol–water partition coefficient (Wildman–Crippen LogP) is 5.80. The van der Waals surface area contributed by atoms with Crippen LogP contribution in [0.25, 0.3) is 22.3 Å². The summed E-state index contributed by atoms with van der Waals surface area (Å²) in [7, 11) is 0. The number of thiazole rings is 1. The lowest BCUT2D eigenvalue weighted by atomic mass is 10.1. The summed E-state index contributed by atoms with van der Waals surface area (Å²) in [5.74, 6) is 0.998. The van der Waals surface area contributed by atoms with Crippen LogP contribution in [-0.2, 0) is 11.2 Å². The number of nitrogens with one attached hydrogen (secondary N) is 3. The van der Waals surface area contributed by atoms with Gasteiger partial charge >= 0.3 is 0 Å². The highest BCUT2D eigenvalue weighted by Gasteiger charge is 2.13. The summed E-state index contributed by atoms with van der Waals surface area (Å²) in [6.45, 7) is 3.70. The molecular formula is C26H30N6OS2. The van der Waals surface area contributed by atoms with Gasteiger partial charge in [-0.25, -0.2) is 9.97 Å². The molecule has 0 bridgehead atoms. The van der Waals surface area contributed by atoms with Crippen molar-refractivity contribution in [1.82, 2.24) is 19.9 Å². The summed E-state index contributed by atoms with van der Waals surface area (Å²) in [6, 6.07) is 12.0. The van der Waals surface area contributed by atoms with Crippen LogP contribution in [0, 0.1) is 0 Å². The van der Waals surface area contributed by atoms with E-state index in [-0.39, 0.29) is 5.91 Å². The SMILES string of the molecule is O=C(Cc1cccc(NSCCCN2CCCCC2)c1)Nc1nc(-c2c[nH]c3ncccc23)cs1. The Bertz CT molecular complexity index is 1260. The molecule has 0 atom stereocenters. The van der Waals surface area contributed by atoms with Gasteiger partial charge in [0.1, 0.15) is 5.65 Å². The van der Waals surface area contributed by atoms with Crippen LogP contribution in [0.15, 0.2) is 54.2 Å². The number of aromatic nitrogens is 3. The summed E-state index contributed by atoms with van der Waals surface area (Å²) < 4.78 is 3.43. The number of amides is 1. The average molecular weight is 507 g/mol. The number of benzene rings is 1. The highest BCUT2D eigenvalue weighted by Crippen LogP contribution is 2.30. The number of aromatic amines is 1. The molecule has 182 valence electrons. The summed E-state index contributed by atoms with van der Waals surface area (Å²) in [5.41, 5.74) is 4.64. The van der Waals surface area contributed by atoms with Crippen LogP contribution in [0.4, 0.5) is 10.8 Å². The van der Waals surface area contributed by atoms with Gasteiger partial charge in [-0.1, -0.05) is 30.5 Å². The second-order valence-corrected chi connectivity index (χ2v) is 10.5. The second-order valence-electron chi connectivity index (χ2n) is 8.77. The van der Waals surface area contributed by atoms with Crippen LogP contribution < -0.4 is 10.0 Å². The molecule has 1 aliphatic rings. The van der Waals surface area contributed by atoms with Crippen molar-refractivity contribution in [1.29, 1.82) is 0 Å². The third kappa shape index (κ3) is 6.42. The summed E-state index contributed by atoms with van der Waals surface area (Å²) >= 11 is 3.16. The van der Waals surface area contributed by atoms with Gasteiger partial charge in [-0.3, -0.25) is 4.79 Å². The molecule has 1 aromatic carbocycles. The first-order valence-electron chi connectivity index (χ1n) is 12.1. The molecule has 4 heterocycles. The van der Waals surface area contributed by atoms with Gasteiger partial charge in [0.05, 0.1) is 12.1 Å². The number of fused-ring (bicyclic) bond motifs is 1. The fourth-order valence-corrected chi connectivity index (χ4v) is 5.79. The van der Waals surface area contributed by atoms with E-state index in [9.17, 15) is 4.79 Å². The molecule has 3 aromatic heterocycles. The number of carbonyl (C=O) groups is 1. The average Bonchev–Trinajstić information content (AvgIpc) is 3.51. The summed E-state index contributed by atoms with van der Waals surface area (Å²) in [6.07, 6.45) is 9.23. The van der Waals surface area contributed by atoms with E-state index in [0.29, 0.717) is 11.6 Å². The van der Waals surface area contributed by atoms with Crippen molar-refractivity contribution < 1.29 is 4.79 Å². The number of nitrogens with zero attached hydrogens (tertiary/aromatic N) is 3. The number of carbonyl (C=O) groups excluding carboxylic acids is 1. The Morgan fingerprint density at radius 3 is 3.00 bits per heavy atom. The first-order valence-corrected chi connectivity index (χ1v) is 14.0. The lowest BCUT2D eigenvalue weighted by molar-refractivity contribution is -0.115. The number of rotatable bonds is 10. The van der Waals surface area contributed by atoms with Crippen LogP contribution in [-0.4, -0.2) is 51.1 Å². The number of H-pyrrole nitrogens is 1. The van der Waals surface area contributed by atoms with Crippen molar-refractivity contribution in [3.63, 3.8) is 0 Å². The maximum atomic E-state index is 12.7. The number of piperidine rings is 1. The summed E-state index contributed by atoms with van der Waals surface area (Å²) in [4.78, 5) is 27.3. The first-order chi connectivity index (χ1) is 17.2. The van der Waals surface area contributed by atoms with Gasteiger partial charge in [0.15, 0.2) is 5.13 Å². The minimum Gasteiger partial charge on any atom is -0.345 e. The largest absolute Gasteiger partial charge is 0.345 e. The van der Waals surface area contributed by atoms with Crippen molar-refractivity contribution in [3.8, 4) is 11.3 Å².